The molecular weight excluding hydrogens is 264 g/mol. The van der Waals surface area contributed by atoms with Gasteiger partial charge >= 0.3 is 0 Å². The third-order valence-corrected chi connectivity index (χ3v) is 4.19. The van der Waals surface area contributed by atoms with Crippen molar-refractivity contribution in [1.29, 1.82) is 0 Å². The molecule has 3 rings (SSSR count). The zero-order chi connectivity index (χ0) is 14.8. The van der Waals surface area contributed by atoms with Crippen LogP contribution in [0.2, 0.25) is 0 Å². The molecule has 0 bridgehead atoms. The fraction of sp³-hybridized carbons (Fsp3) is 0.667. The Balaban J connectivity index is 1.91. The van der Waals surface area contributed by atoms with E-state index < -0.39 is 0 Å². The number of aryl methyl sites for hydroxylation is 2. The summed E-state index contributed by atoms with van der Waals surface area (Å²) < 4.78 is 2.03. The molecule has 0 N–H and O–H groups in total. The van der Waals surface area contributed by atoms with Gasteiger partial charge in [0, 0.05) is 32.7 Å². The molecule has 0 saturated carbocycles. The third-order valence-electron chi connectivity index (χ3n) is 4.19. The Labute approximate surface area is 125 Å². The number of aromatic nitrogens is 4. The van der Waals surface area contributed by atoms with E-state index >= 15 is 0 Å². The average Bonchev–Trinajstić information content (AvgIpc) is 2.85. The highest BCUT2D eigenvalue weighted by molar-refractivity contribution is 5.87. The molecule has 21 heavy (non-hydrogen) atoms. The van der Waals surface area contributed by atoms with Gasteiger partial charge in [0.1, 0.15) is 17.4 Å². The summed E-state index contributed by atoms with van der Waals surface area (Å²) >= 11 is 0. The molecule has 0 radical (unpaired) electrons. The summed E-state index contributed by atoms with van der Waals surface area (Å²) in [5, 5.41) is 4.59. The van der Waals surface area contributed by atoms with Crippen LogP contribution in [-0.4, -0.2) is 57.4 Å². The Morgan fingerprint density at radius 1 is 1.10 bits per heavy atom. The predicted octanol–water partition coefficient (Wildman–Crippen LogP) is 1.69. The first-order valence-corrected chi connectivity index (χ1v) is 7.90. The van der Waals surface area contributed by atoms with Crippen LogP contribution in [0.15, 0.2) is 6.33 Å². The Hall–Kier alpha value is -1.69. The topological polar surface area (TPSA) is 50.1 Å². The quantitative estimate of drug-likeness (QED) is 0.857. The van der Waals surface area contributed by atoms with Crippen LogP contribution in [0, 0.1) is 6.92 Å². The Bertz CT molecular complexity index is 612. The SMILES string of the molecule is CCCN1CCN(c2ncnc3c(C)nn(CC)c23)CC1. The maximum absolute atomic E-state index is 4.59. The van der Waals surface area contributed by atoms with E-state index in [2.05, 4.69) is 38.7 Å². The van der Waals surface area contributed by atoms with Gasteiger partial charge in [-0.25, -0.2) is 9.97 Å². The zero-order valence-corrected chi connectivity index (χ0v) is 13.2. The molecule has 0 atom stereocenters. The molecular formula is C15H24N6. The van der Waals surface area contributed by atoms with Gasteiger partial charge in [-0.3, -0.25) is 9.58 Å². The van der Waals surface area contributed by atoms with E-state index in [1.54, 1.807) is 6.33 Å². The first-order chi connectivity index (χ1) is 10.2. The number of hydrogen-bond donors (Lipinski definition) is 0. The van der Waals surface area contributed by atoms with Crippen molar-refractivity contribution in [3.8, 4) is 0 Å². The standard InChI is InChI=1S/C15H24N6/c1-4-6-19-7-9-20(10-8-19)15-14-13(16-11-17-15)12(3)18-21(14)5-2/h11H,4-10H2,1-3H3. The first-order valence-electron chi connectivity index (χ1n) is 7.90. The second-order valence-corrected chi connectivity index (χ2v) is 5.62. The van der Waals surface area contributed by atoms with E-state index in [0.717, 1.165) is 55.3 Å². The van der Waals surface area contributed by atoms with Gasteiger partial charge in [0.15, 0.2) is 5.82 Å². The molecule has 1 aliphatic rings. The van der Waals surface area contributed by atoms with E-state index in [4.69, 9.17) is 0 Å². The molecule has 0 aromatic carbocycles. The van der Waals surface area contributed by atoms with Crippen LogP contribution in [-0.2, 0) is 6.54 Å². The second-order valence-electron chi connectivity index (χ2n) is 5.62. The van der Waals surface area contributed by atoms with Gasteiger partial charge < -0.3 is 4.90 Å². The van der Waals surface area contributed by atoms with Crippen LogP contribution >= 0.6 is 0 Å². The molecule has 1 saturated heterocycles. The number of hydrogen-bond acceptors (Lipinski definition) is 5. The fourth-order valence-electron chi connectivity index (χ4n) is 3.11. The van der Waals surface area contributed by atoms with E-state index in [0.29, 0.717) is 0 Å². The molecule has 0 unspecified atom stereocenters. The van der Waals surface area contributed by atoms with Crippen molar-refractivity contribution >= 4 is 16.9 Å². The monoisotopic (exact) mass is 288 g/mol. The molecule has 2 aromatic heterocycles. The fourth-order valence-corrected chi connectivity index (χ4v) is 3.11. The van der Waals surface area contributed by atoms with Crippen molar-refractivity contribution in [3.05, 3.63) is 12.0 Å². The van der Waals surface area contributed by atoms with E-state index in [-0.39, 0.29) is 0 Å². The minimum atomic E-state index is 0.848. The maximum atomic E-state index is 4.59. The zero-order valence-electron chi connectivity index (χ0n) is 13.2. The van der Waals surface area contributed by atoms with Crippen molar-refractivity contribution in [2.75, 3.05) is 37.6 Å². The third kappa shape index (κ3) is 2.60. The number of fused-ring (bicyclic) bond motifs is 1. The van der Waals surface area contributed by atoms with Crippen LogP contribution in [0.3, 0.4) is 0 Å². The summed E-state index contributed by atoms with van der Waals surface area (Å²) in [5.74, 6) is 1.04. The van der Waals surface area contributed by atoms with Gasteiger partial charge in [-0.1, -0.05) is 6.92 Å². The van der Waals surface area contributed by atoms with Crippen LogP contribution in [0.4, 0.5) is 5.82 Å². The molecule has 0 spiro atoms. The molecule has 3 heterocycles. The van der Waals surface area contributed by atoms with E-state index in [1.165, 1.54) is 13.0 Å². The minimum absolute atomic E-state index is 0.848. The first kappa shape index (κ1) is 14.3. The lowest BCUT2D eigenvalue weighted by atomic mass is 10.2. The van der Waals surface area contributed by atoms with Crippen molar-refractivity contribution < 1.29 is 0 Å². The van der Waals surface area contributed by atoms with Crippen molar-refractivity contribution in [3.63, 3.8) is 0 Å². The highest BCUT2D eigenvalue weighted by Crippen LogP contribution is 2.25. The molecule has 0 amide bonds. The second kappa shape index (κ2) is 5.97. The number of rotatable bonds is 4. The summed E-state index contributed by atoms with van der Waals surface area (Å²) in [6, 6.07) is 0. The molecule has 1 aliphatic heterocycles. The molecule has 6 nitrogen and oxygen atoms in total. The van der Waals surface area contributed by atoms with Gasteiger partial charge in [0.05, 0.1) is 5.69 Å². The molecule has 1 fully saturated rings. The van der Waals surface area contributed by atoms with Gasteiger partial charge in [-0.15, -0.1) is 0 Å². The van der Waals surface area contributed by atoms with Gasteiger partial charge in [0.2, 0.25) is 0 Å². The van der Waals surface area contributed by atoms with Crippen molar-refractivity contribution in [2.24, 2.45) is 0 Å². The highest BCUT2D eigenvalue weighted by Gasteiger charge is 2.22. The van der Waals surface area contributed by atoms with Gasteiger partial charge in [-0.05, 0) is 26.8 Å². The lowest BCUT2D eigenvalue weighted by Crippen LogP contribution is -2.47. The molecule has 2 aromatic rings. The van der Waals surface area contributed by atoms with E-state index in [9.17, 15) is 0 Å². The van der Waals surface area contributed by atoms with Crippen LogP contribution in [0.5, 0.6) is 0 Å². The van der Waals surface area contributed by atoms with Crippen molar-refractivity contribution in [2.45, 2.75) is 33.7 Å². The van der Waals surface area contributed by atoms with Crippen LogP contribution in [0.25, 0.3) is 11.0 Å². The van der Waals surface area contributed by atoms with Crippen LogP contribution in [0.1, 0.15) is 26.0 Å². The summed E-state index contributed by atoms with van der Waals surface area (Å²) in [5.41, 5.74) is 3.05. The Morgan fingerprint density at radius 2 is 1.86 bits per heavy atom. The van der Waals surface area contributed by atoms with Gasteiger partial charge in [0.25, 0.3) is 0 Å². The summed E-state index contributed by atoms with van der Waals surface area (Å²) in [6.45, 7) is 12.7. The van der Waals surface area contributed by atoms with Crippen LogP contribution < -0.4 is 4.90 Å². The largest absolute Gasteiger partial charge is 0.352 e. The Morgan fingerprint density at radius 3 is 2.52 bits per heavy atom. The smallest absolute Gasteiger partial charge is 0.158 e. The lowest BCUT2D eigenvalue weighted by molar-refractivity contribution is 0.258. The molecule has 114 valence electrons. The predicted molar refractivity (Wildman–Crippen MR) is 84.7 cm³/mol. The van der Waals surface area contributed by atoms with E-state index in [1.807, 2.05) is 11.6 Å². The highest BCUT2D eigenvalue weighted by atomic mass is 15.3. The summed E-state index contributed by atoms with van der Waals surface area (Å²) in [7, 11) is 0. The summed E-state index contributed by atoms with van der Waals surface area (Å²) in [4.78, 5) is 13.9. The van der Waals surface area contributed by atoms with Crippen molar-refractivity contribution in [1.82, 2.24) is 24.6 Å². The number of piperazine rings is 1. The normalized spacial score (nSPS) is 16.8. The minimum Gasteiger partial charge on any atom is -0.352 e. The Kier molecular flexibility index (Phi) is 4.05. The molecule has 0 aliphatic carbocycles. The maximum Gasteiger partial charge on any atom is 0.158 e. The number of anilines is 1. The summed E-state index contributed by atoms with van der Waals surface area (Å²) in [6.07, 6.45) is 2.89. The average molecular weight is 288 g/mol. The van der Waals surface area contributed by atoms with Gasteiger partial charge in [-0.2, -0.15) is 5.10 Å². The lowest BCUT2D eigenvalue weighted by Gasteiger charge is -2.35. The molecule has 6 heteroatoms. The number of nitrogens with zero attached hydrogens (tertiary/aromatic N) is 6.